The van der Waals surface area contributed by atoms with Gasteiger partial charge in [0.15, 0.2) is 0 Å². The zero-order chi connectivity index (χ0) is 12.8. The monoisotopic (exact) mass is 222 g/mol. The van der Waals surface area contributed by atoms with Crippen molar-refractivity contribution in [2.75, 3.05) is 0 Å². The Bertz CT molecular complexity index is 289. The first-order chi connectivity index (χ1) is 7.65. The molecule has 0 heterocycles. The van der Waals surface area contributed by atoms with Crippen molar-refractivity contribution in [3.05, 3.63) is 35.4 Å². The summed E-state index contributed by atoms with van der Waals surface area (Å²) >= 11 is 0. The third kappa shape index (κ3) is 12.2. The summed E-state index contributed by atoms with van der Waals surface area (Å²) in [7, 11) is 0. The Hall–Kier alpha value is -1.77. The molecule has 0 unspecified atom stereocenters. The van der Waals surface area contributed by atoms with Gasteiger partial charge in [-0.25, -0.2) is 0 Å². The Morgan fingerprint density at radius 3 is 1.69 bits per heavy atom. The van der Waals surface area contributed by atoms with Gasteiger partial charge in [0.1, 0.15) is 18.9 Å². The molecule has 0 aliphatic rings. The van der Waals surface area contributed by atoms with Crippen LogP contribution in [0.1, 0.15) is 36.2 Å². The van der Waals surface area contributed by atoms with Gasteiger partial charge in [-0.15, -0.1) is 0 Å². The first kappa shape index (κ1) is 16.7. The predicted octanol–water partition coefficient (Wildman–Crippen LogP) is 2.61. The third-order valence-electron chi connectivity index (χ3n) is 1.38. The molecule has 0 aromatic heterocycles. The molecule has 0 radical (unpaired) electrons. The largest absolute Gasteiger partial charge is 0.304 e. The number of rotatable bonds is 2. The summed E-state index contributed by atoms with van der Waals surface area (Å²) in [5.41, 5.74) is 1.92. The molecule has 0 saturated carbocycles. The maximum Gasteiger partial charge on any atom is 0.150 e. The first-order valence-corrected chi connectivity index (χ1v) is 5.01. The smallest absolute Gasteiger partial charge is 0.150 e. The minimum atomic E-state index is 0.639. The molecule has 3 nitrogen and oxygen atoms in total. The van der Waals surface area contributed by atoms with E-state index in [2.05, 4.69) is 0 Å². The molecule has 0 saturated heterocycles. The third-order valence-corrected chi connectivity index (χ3v) is 1.38. The summed E-state index contributed by atoms with van der Waals surface area (Å²) in [6, 6.07) is 7.46. The van der Waals surface area contributed by atoms with Crippen LogP contribution in [0.2, 0.25) is 0 Å². The molecular weight excluding hydrogens is 204 g/mol. The summed E-state index contributed by atoms with van der Waals surface area (Å²) < 4.78 is 0. The highest BCUT2D eigenvalue weighted by atomic mass is 16.1. The van der Waals surface area contributed by atoms with Crippen molar-refractivity contribution in [1.29, 1.82) is 0 Å². The van der Waals surface area contributed by atoms with Crippen molar-refractivity contribution in [1.82, 2.24) is 0 Å². The van der Waals surface area contributed by atoms with Gasteiger partial charge in [-0.05, 0) is 13.8 Å². The SMILES string of the molecule is CC=O.CCC=O.Cc1ccc(C=O)cc1. The predicted molar refractivity (Wildman–Crippen MR) is 64.7 cm³/mol. The van der Waals surface area contributed by atoms with Crippen LogP contribution in [0.3, 0.4) is 0 Å². The molecule has 0 atom stereocenters. The fourth-order valence-corrected chi connectivity index (χ4v) is 0.645. The van der Waals surface area contributed by atoms with Gasteiger partial charge in [-0.1, -0.05) is 36.8 Å². The lowest BCUT2D eigenvalue weighted by atomic mass is 10.2. The summed E-state index contributed by atoms with van der Waals surface area (Å²) in [5.74, 6) is 0. The molecule has 88 valence electrons. The van der Waals surface area contributed by atoms with Gasteiger partial charge in [0.25, 0.3) is 0 Å². The highest BCUT2D eigenvalue weighted by molar-refractivity contribution is 5.74. The number of hydrogen-bond acceptors (Lipinski definition) is 3. The Kier molecular flexibility index (Phi) is 13.8. The molecule has 1 rings (SSSR count). The van der Waals surface area contributed by atoms with Crippen molar-refractivity contribution in [2.24, 2.45) is 0 Å². The van der Waals surface area contributed by atoms with E-state index in [9.17, 15) is 9.59 Å². The fraction of sp³-hybridized carbons (Fsp3) is 0.308. The number of benzene rings is 1. The van der Waals surface area contributed by atoms with Crippen LogP contribution in [0.15, 0.2) is 24.3 Å². The molecule has 0 fully saturated rings. The maximum absolute atomic E-state index is 10.1. The highest BCUT2D eigenvalue weighted by Gasteiger charge is 1.85. The van der Waals surface area contributed by atoms with Crippen LogP contribution in [0.5, 0.6) is 0 Å². The van der Waals surface area contributed by atoms with E-state index in [1.165, 1.54) is 12.5 Å². The lowest BCUT2D eigenvalue weighted by Gasteiger charge is -1.89. The topological polar surface area (TPSA) is 51.2 Å². The van der Waals surface area contributed by atoms with Gasteiger partial charge in [0, 0.05) is 12.0 Å². The van der Waals surface area contributed by atoms with E-state index in [-0.39, 0.29) is 0 Å². The summed E-state index contributed by atoms with van der Waals surface area (Å²) in [5, 5.41) is 0. The quantitative estimate of drug-likeness (QED) is 0.723. The minimum absolute atomic E-state index is 0.639. The van der Waals surface area contributed by atoms with Crippen molar-refractivity contribution in [3.63, 3.8) is 0 Å². The van der Waals surface area contributed by atoms with Crippen molar-refractivity contribution < 1.29 is 14.4 Å². The Labute approximate surface area is 96.5 Å². The van der Waals surface area contributed by atoms with Gasteiger partial charge >= 0.3 is 0 Å². The second-order valence-corrected chi connectivity index (χ2v) is 2.84. The van der Waals surface area contributed by atoms with Gasteiger partial charge in [0.2, 0.25) is 0 Å². The van der Waals surface area contributed by atoms with Crippen molar-refractivity contribution in [3.8, 4) is 0 Å². The lowest BCUT2D eigenvalue weighted by molar-refractivity contribution is -0.107. The zero-order valence-corrected chi connectivity index (χ0v) is 9.97. The molecule has 0 aliphatic carbocycles. The normalized spacial score (nSPS) is 7.44. The summed E-state index contributed by atoms with van der Waals surface area (Å²) in [6.07, 6.45) is 3.11. The van der Waals surface area contributed by atoms with Gasteiger partial charge in [-0.3, -0.25) is 4.79 Å². The minimum Gasteiger partial charge on any atom is -0.304 e. The molecule has 0 amide bonds. The molecule has 1 aromatic carbocycles. The van der Waals surface area contributed by atoms with Crippen LogP contribution in [-0.2, 0) is 9.59 Å². The van der Waals surface area contributed by atoms with E-state index >= 15 is 0 Å². The summed E-state index contributed by atoms with van der Waals surface area (Å²) in [4.78, 5) is 28.1. The number of aldehydes is 3. The first-order valence-electron chi connectivity index (χ1n) is 5.01. The maximum atomic E-state index is 10.1. The number of carbonyl (C=O) groups is 3. The van der Waals surface area contributed by atoms with Crippen LogP contribution in [0.4, 0.5) is 0 Å². The van der Waals surface area contributed by atoms with Crippen LogP contribution < -0.4 is 0 Å². The molecular formula is C13H18O3. The van der Waals surface area contributed by atoms with Crippen LogP contribution in [-0.4, -0.2) is 18.9 Å². The molecule has 0 bridgehead atoms. The second kappa shape index (κ2) is 13.2. The molecule has 0 aliphatic heterocycles. The average molecular weight is 222 g/mol. The van der Waals surface area contributed by atoms with Crippen LogP contribution >= 0.6 is 0 Å². The number of hydrogen-bond donors (Lipinski definition) is 0. The van der Waals surface area contributed by atoms with E-state index in [1.54, 1.807) is 0 Å². The molecule has 16 heavy (non-hydrogen) atoms. The van der Waals surface area contributed by atoms with Gasteiger partial charge in [0.05, 0.1) is 0 Å². The zero-order valence-electron chi connectivity index (χ0n) is 9.97. The van der Waals surface area contributed by atoms with Crippen LogP contribution in [0.25, 0.3) is 0 Å². The fourth-order valence-electron chi connectivity index (χ4n) is 0.645. The Morgan fingerprint density at radius 2 is 1.44 bits per heavy atom. The van der Waals surface area contributed by atoms with E-state index in [0.717, 1.165) is 24.4 Å². The average Bonchev–Trinajstić information content (AvgIpc) is 2.31. The Balaban J connectivity index is 0. The van der Waals surface area contributed by atoms with E-state index in [4.69, 9.17) is 4.79 Å². The Morgan fingerprint density at radius 1 is 1.06 bits per heavy atom. The standard InChI is InChI=1S/C8H8O.C3H6O.C2H4O/c1-7-2-4-8(6-9)5-3-7;1-2-3-4;1-2-3/h2-6H,1H3;3H,2H2,1H3;2H,1H3. The van der Waals surface area contributed by atoms with Crippen LogP contribution in [0, 0.1) is 6.92 Å². The summed E-state index contributed by atoms with van der Waals surface area (Å²) in [6.45, 7) is 5.25. The highest BCUT2D eigenvalue weighted by Crippen LogP contribution is 1.98. The van der Waals surface area contributed by atoms with Gasteiger partial charge in [-0.2, -0.15) is 0 Å². The molecule has 0 N–H and O–H groups in total. The molecule has 3 heteroatoms. The molecule has 0 spiro atoms. The number of aryl methyl sites for hydroxylation is 1. The van der Waals surface area contributed by atoms with Crippen molar-refractivity contribution in [2.45, 2.75) is 27.2 Å². The number of carbonyl (C=O) groups excluding carboxylic acids is 3. The van der Waals surface area contributed by atoms with Gasteiger partial charge < -0.3 is 9.59 Å². The van der Waals surface area contributed by atoms with E-state index in [1.807, 2.05) is 38.1 Å². The molecule has 1 aromatic rings. The second-order valence-electron chi connectivity index (χ2n) is 2.84. The van der Waals surface area contributed by atoms with Crippen molar-refractivity contribution >= 4 is 18.9 Å². The van der Waals surface area contributed by atoms with E-state index in [0.29, 0.717) is 6.42 Å². The van der Waals surface area contributed by atoms with E-state index < -0.39 is 0 Å². The lowest BCUT2D eigenvalue weighted by Crippen LogP contribution is -1.77.